The number of anilines is 1. The first-order valence-electron chi connectivity index (χ1n) is 7.29. The Morgan fingerprint density at radius 1 is 1.50 bits per heavy atom. The molecule has 1 aliphatic rings. The number of ether oxygens (including phenoxy) is 1. The van der Waals surface area contributed by atoms with E-state index in [9.17, 15) is 4.79 Å². The van der Waals surface area contributed by atoms with Gasteiger partial charge in [-0.3, -0.25) is 0 Å². The van der Waals surface area contributed by atoms with Gasteiger partial charge >= 0.3 is 6.09 Å². The predicted molar refractivity (Wildman–Crippen MR) is 86.3 cm³/mol. The molecule has 1 saturated heterocycles. The molecule has 1 aromatic rings. The molecule has 6 nitrogen and oxygen atoms in total. The van der Waals surface area contributed by atoms with Crippen molar-refractivity contribution < 1.29 is 9.53 Å². The third-order valence-corrected chi connectivity index (χ3v) is 3.60. The fourth-order valence-corrected chi connectivity index (χ4v) is 2.60. The fourth-order valence-electron chi connectivity index (χ4n) is 2.47. The van der Waals surface area contributed by atoms with Crippen LogP contribution in [0.1, 0.15) is 33.3 Å². The topological polar surface area (TPSA) is 67.4 Å². The first-order valence-corrected chi connectivity index (χ1v) is 7.67. The van der Waals surface area contributed by atoms with Crippen molar-refractivity contribution in [3.63, 3.8) is 0 Å². The van der Waals surface area contributed by atoms with Crippen LogP contribution < -0.4 is 10.2 Å². The van der Waals surface area contributed by atoms with Crippen molar-refractivity contribution in [3.8, 4) is 0 Å². The second kappa shape index (κ2) is 5.91. The molecule has 0 atom stereocenters. The highest BCUT2D eigenvalue weighted by molar-refractivity contribution is 6.28. The second-order valence-corrected chi connectivity index (χ2v) is 7.51. The number of rotatable bonds is 3. The Hall–Kier alpha value is -1.56. The lowest BCUT2D eigenvalue weighted by atomic mass is 9.81. The Labute approximate surface area is 136 Å². The number of nitrogens with one attached hydrogen (secondary N) is 1. The molecule has 1 amide bonds. The molecule has 0 unspecified atom stereocenters. The molecular formula is C15H23ClN4O2. The Morgan fingerprint density at radius 3 is 2.73 bits per heavy atom. The van der Waals surface area contributed by atoms with Gasteiger partial charge in [0.05, 0.1) is 0 Å². The quantitative estimate of drug-likeness (QED) is 0.865. The van der Waals surface area contributed by atoms with E-state index in [0.717, 1.165) is 24.5 Å². The smallest absolute Gasteiger partial charge is 0.407 e. The highest BCUT2D eigenvalue weighted by Crippen LogP contribution is 2.34. The van der Waals surface area contributed by atoms with Gasteiger partial charge in [0.25, 0.3) is 0 Å². The molecular weight excluding hydrogens is 304 g/mol. The Morgan fingerprint density at radius 2 is 2.14 bits per heavy atom. The van der Waals surface area contributed by atoms with Crippen molar-refractivity contribution >= 4 is 23.5 Å². The zero-order valence-corrected chi connectivity index (χ0v) is 14.5. The van der Waals surface area contributed by atoms with Gasteiger partial charge in [0, 0.05) is 36.8 Å². The zero-order chi connectivity index (χ0) is 16.5. The third kappa shape index (κ3) is 4.22. The molecule has 1 aliphatic heterocycles. The number of aromatic nitrogens is 2. The van der Waals surface area contributed by atoms with Crippen LogP contribution in [0.2, 0.25) is 5.28 Å². The van der Waals surface area contributed by atoms with E-state index in [-0.39, 0.29) is 16.8 Å². The van der Waals surface area contributed by atoms with Crippen molar-refractivity contribution in [3.05, 3.63) is 17.0 Å². The Bertz CT molecular complexity index is 565. The van der Waals surface area contributed by atoms with E-state index in [0.29, 0.717) is 6.54 Å². The van der Waals surface area contributed by atoms with E-state index in [4.69, 9.17) is 16.3 Å². The van der Waals surface area contributed by atoms with E-state index in [1.807, 2.05) is 27.7 Å². The lowest BCUT2D eigenvalue weighted by Crippen LogP contribution is -2.60. The first kappa shape index (κ1) is 16.8. The van der Waals surface area contributed by atoms with Gasteiger partial charge < -0.3 is 15.0 Å². The number of amides is 1. The summed E-state index contributed by atoms with van der Waals surface area (Å²) in [4.78, 5) is 22.1. The molecule has 7 heteroatoms. The molecule has 122 valence electrons. The summed E-state index contributed by atoms with van der Waals surface area (Å²) >= 11 is 5.85. The standard InChI is InChI=1S/C15H23ClN4O2/c1-10-6-17-12(16)19-11(10)20-8-15(5,9-20)7-18-13(21)22-14(2,3)4/h6H,7-9H2,1-5H3,(H,18,21). The minimum atomic E-state index is -0.481. The summed E-state index contributed by atoms with van der Waals surface area (Å²) in [5.74, 6) is 0.856. The van der Waals surface area contributed by atoms with Crippen LogP contribution in [0.15, 0.2) is 6.20 Å². The van der Waals surface area contributed by atoms with E-state index in [2.05, 4.69) is 27.1 Å². The Balaban J connectivity index is 1.86. The van der Waals surface area contributed by atoms with Crippen LogP contribution in [0.3, 0.4) is 0 Å². The summed E-state index contributed by atoms with van der Waals surface area (Å²) in [6.07, 6.45) is 1.34. The van der Waals surface area contributed by atoms with Crippen LogP contribution in [0, 0.1) is 12.3 Å². The van der Waals surface area contributed by atoms with Gasteiger partial charge in [-0.05, 0) is 39.3 Å². The maximum atomic E-state index is 11.7. The van der Waals surface area contributed by atoms with E-state index < -0.39 is 5.60 Å². The van der Waals surface area contributed by atoms with Crippen LogP contribution in [0.4, 0.5) is 10.6 Å². The molecule has 0 aromatic carbocycles. The van der Waals surface area contributed by atoms with E-state index >= 15 is 0 Å². The van der Waals surface area contributed by atoms with Crippen LogP contribution in [-0.4, -0.2) is 41.3 Å². The van der Waals surface area contributed by atoms with Crippen LogP contribution in [0.5, 0.6) is 0 Å². The van der Waals surface area contributed by atoms with Gasteiger partial charge in [-0.1, -0.05) is 6.92 Å². The van der Waals surface area contributed by atoms with Crippen molar-refractivity contribution in [1.82, 2.24) is 15.3 Å². The molecule has 1 N–H and O–H groups in total. The fraction of sp³-hybridized carbons (Fsp3) is 0.667. The lowest BCUT2D eigenvalue weighted by molar-refractivity contribution is 0.0494. The molecule has 2 heterocycles. The molecule has 2 rings (SSSR count). The van der Waals surface area contributed by atoms with Crippen LogP contribution in [0.25, 0.3) is 0 Å². The highest BCUT2D eigenvalue weighted by Gasteiger charge is 2.40. The summed E-state index contributed by atoms with van der Waals surface area (Å²) in [6.45, 7) is 11.8. The SMILES string of the molecule is Cc1cnc(Cl)nc1N1CC(C)(CNC(=O)OC(C)(C)C)C1. The molecule has 0 aliphatic carbocycles. The van der Waals surface area contributed by atoms with Crippen molar-refractivity contribution in [2.75, 3.05) is 24.5 Å². The van der Waals surface area contributed by atoms with Gasteiger partial charge in [-0.15, -0.1) is 0 Å². The average molecular weight is 327 g/mol. The summed E-state index contributed by atoms with van der Waals surface area (Å²) in [6, 6.07) is 0. The molecule has 0 radical (unpaired) electrons. The van der Waals surface area contributed by atoms with Crippen molar-refractivity contribution in [2.24, 2.45) is 5.41 Å². The molecule has 22 heavy (non-hydrogen) atoms. The van der Waals surface area contributed by atoms with E-state index in [1.54, 1.807) is 6.20 Å². The molecule has 0 bridgehead atoms. The summed E-state index contributed by atoms with van der Waals surface area (Å²) in [5.41, 5.74) is 0.512. The maximum absolute atomic E-state index is 11.7. The van der Waals surface area contributed by atoms with Gasteiger partial charge in [-0.25, -0.2) is 14.8 Å². The second-order valence-electron chi connectivity index (χ2n) is 7.17. The molecule has 0 saturated carbocycles. The molecule has 1 aromatic heterocycles. The Kier molecular flexibility index (Phi) is 4.52. The lowest BCUT2D eigenvalue weighted by Gasteiger charge is -2.49. The van der Waals surface area contributed by atoms with Gasteiger partial charge in [-0.2, -0.15) is 0 Å². The first-order chi connectivity index (χ1) is 10.1. The number of hydrogen-bond acceptors (Lipinski definition) is 5. The molecule has 1 fully saturated rings. The van der Waals surface area contributed by atoms with E-state index in [1.165, 1.54) is 0 Å². The number of aryl methyl sites for hydroxylation is 1. The largest absolute Gasteiger partial charge is 0.444 e. The van der Waals surface area contributed by atoms with Gasteiger partial charge in [0.15, 0.2) is 0 Å². The third-order valence-electron chi connectivity index (χ3n) is 3.42. The highest BCUT2D eigenvalue weighted by atomic mass is 35.5. The summed E-state index contributed by atoms with van der Waals surface area (Å²) in [5, 5.41) is 3.08. The van der Waals surface area contributed by atoms with Crippen LogP contribution >= 0.6 is 11.6 Å². The predicted octanol–water partition coefficient (Wildman–Crippen LogP) is 2.79. The molecule has 0 spiro atoms. The van der Waals surface area contributed by atoms with Gasteiger partial charge in [0.2, 0.25) is 5.28 Å². The maximum Gasteiger partial charge on any atom is 0.407 e. The monoisotopic (exact) mass is 326 g/mol. The number of carbonyl (C=O) groups is 1. The normalized spacial score (nSPS) is 16.9. The minimum absolute atomic E-state index is 0.000764. The summed E-state index contributed by atoms with van der Waals surface area (Å²) < 4.78 is 5.25. The number of halogens is 1. The number of alkyl carbamates (subject to hydrolysis) is 1. The van der Waals surface area contributed by atoms with Crippen LogP contribution in [-0.2, 0) is 4.74 Å². The minimum Gasteiger partial charge on any atom is -0.444 e. The number of carbonyl (C=O) groups excluding carboxylic acids is 1. The average Bonchev–Trinajstić information content (AvgIpc) is 2.34. The number of nitrogens with zero attached hydrogens (tertiary/aromatic N) is 3. The van der Waals surface area contributed by atoms with Gasteiger partial charge in [0.1, 0.15) is 11.4 Å². The summed E-state index contributed by atoms with van der Waals surface area (Å²) in [7, 11) is 0. The van der Waals surface area contributed by atoms with Crippen molar-refractivity contribution in [1.29, 1.82) is 0 Å². The zero-order valence-electron chi connectivity index (χ0n) is 13.7. The number of hydrogen-bond donors (Lipinski definition) is 1. The van der Waals surface area contributed by atoms with Crippen molar-refractivity contribution in [2.45, 2.75) is 40.2 Å².